The molecule has 0 aliphatic rings. The lowest BCUT2D eigenvalue weighted by atomic mass is 10.1. The van der Waals surface area contributed by atoms with Gasteiger partial charge in [0.25, 0.3) is 0 Å². The molecule has 4 aromatic rings. The summed E-state index contributed by atoms with van der Waals surface area (Å²) in [5, 5.41) is 10.3. The molecule has 1 N–H and O–H groups in total. The van der Waals surface area contributed by atoms with Gasteiger partial charge >= 0.3 is 0 Å². The van der Waals surface area contributed by atoms with Gasteiger partial charge in [-0.05, 0) is 58.3 Å². The zero-order chi connectivity index (χ0) is 22.1. The van der Waals surface area contributed by atoms with E-state index in [-0.39, 0.29) is 23.4 Å². The van der Waals surface area contributed by atoms with E-state index in [2.05, 4.69) is 15.2 Å². The number of ketones is 1. The van der Waals surface area contributed by atoms with Crippen LogP contribution in [0.1, 0.15) is 34.8 Å². The predicted molar refractivity (Wildman–Crippen MR) is 122 cm³/mol. The molecule has 8 heteroatoms. The molecule has 31 heavy (non-hydrogen) atoms. The van der Waals surface area contributed by atoms with Crippen LogP contribution >= 0.6 is 11.8 Å². The highest BCUT2D eigenvalue weighted by molar-refractivity contribution is 7.99. The van der Waals surface area contributed by atoms with Crippen LogP contribution in [-0.4, -0.2) is 50.3 Å². The molecule has 2 aromatic heterocycles. The lowest BCUT2D eigenvalue weighted by Gasteiger charge is -2.20. The second-order valence-corrected chi connectivity index (χ2v) is 8.62. The predicted octanol–water partition coefficient (Wildman–Crippen LogP) is 4.79. The molecule has 0 saturated heterocycles. The highest BCUT2D eigenvalue weighted by atomic mass is 32.2. The van der Waals surface area contributed by atoms with Crippen molar-refractivity contribution in [1.29, 1.82) is 0 Å². The Bertz CT molecular complexity index is 1230. The number of aryl methyl sites for hydroxylation is 1. The number of rotatable bonds is 7. The highest BCUT2D eigenvalue weighted by Gasteiger charge is 2.23. The zero-order valence-electron chi connectivity index (χ0n) is 17.9. The molecule has 160 valence electrons. The summed E-state index contributed by atoms with van der Waals surface area (Å²) in [6, 6.07) is 14.0. The molecule has 2 aromatic carbocycles. The van der Waals surface area contributed by atoms with Crippen LogP contribution in [0.4, 0.5) is 4.39 Å². The molecule has 1 atom stereocenters. The number of thioether (sulfide) groups is 1. The topological polar surface area (TPSA) is 66.8 Å². The number of aromatic amines is 1. The number of hydrogen-bond donors (Lipinski definition) is 1. The number of fused-ring (bicyclic) bond motifs is 1. The van der Waals surface area contributed by atoms with Crippen molar-refractivity contribution in [3.63, 3.8) is 0 Å². The molecule has 0 unspecified atom stereocenters. The monoisotopic (exact) mass is 437 g/mol. The Morgan fingerprint density at radius 3 is 2.58 bits per heavy atom. The van der Waals surface area contributed by atoms with Gasteiger partial charge in [0.2, 0.25) is 0 Å². The lowest BCUT2D eigenvalue weighted by molar-refractivity contribution is 0.102. The van der Waals surface area contributed by atoms with Crippen LogP contribution in [0.3, 0.4) is 0 Å². The number of halogens is 1. The number of carbonyl (C=O) groups excluding carboxylic acids is 1. The largest absolute Gasteiger partial charge is 0.358 e. The van der Waals surface area contributed by atoms with E-state index in [9.17, 15) is 9.18 Å². The first kappa shape index (κ1) is 21.3. The van der Waals surface area contributed by atoms with Gasteiger partial charge in [0.1, 0.15) is 5.82 Å². The maximum absolute atomic E-state index is 13.5. The van der Waals surface area contributed by atoms with Gasteiger partial charge in [0.15, 0.2) is 16.8 Å². The third kappa shape index (κ3) is 4.13. The second kappa shape index (κ2) is 8.64. The van der Waals surface area contributed by atoms with Crippen LogP contribution < -0.4 is 0 Å². The van der Waals surface area contributed by atoms with E-state index < -0.39 is 0 Å². The van der Waals surface area contributed by atoms with Crippen molar-refractivity contribution in [2.45, 2.75) is 25.0 Å². The van der Waals surface area contributed by atoms with Gasteiger partial charge in [-0.2, -0.15) is 0 Å². The van der Waals surface area contributed by atoms with E-state index in [4.69, 9.17) is 0 Å². The number of nitrogens with one attached hydrogen (secondary N) is 1. The maximum atomic E-state index is 13.5. The van der Waals surface area contributed by atoms with E-state index in [1.807, 2.05) is 61.7 Å². The number of aromatic nitrogens is 4. The summed E-state index contributed by atoms with van der Waals surface area (Å²) < 4.78 is 15.4. The molecule has 2 heterocycles. The van der Waals surface area contributed by atoms with Crippen LogP contribution in [0.15, 0.2) is 53.7 Å². The van der Waals surface area contributed by atoms with Crippen LogP contribution in [0.2, 0.25) is 0 Å². The Balaban J connectivity index is 1.66. The number of nitrogens with zero attached hydrogens (tertiary/aromatic N) is 4. The standard InChI is InChI=1S/C23H24FN5OS/c1-14-21(18-7-5-6-8-19(18)25-14)20(30)13-31-23-27-26-22(15(2)28(3)4)29(23)17-11-9-16(24)10-12-17/h5-12,15,25H,13H2,1-4H3/t15-/m1/s1. The molecule has 4 rings (SSSR count). The minimum absolute atomic E-state index is 0.0153. The summed E-state index contributed by atoms with van der Waals surface area (Å²) in [7, 11) is 3.93. The summed E-state index contributed by atoms with van der Waals surface area (Å²) in [5.41, 5.74) is 3.27. The van der Waals surface area contributed by atoms with Gasteiger partial charge < -0.3 is 4.98 Å². The van der Waals surface area contributed by atoms with E-state index in [0.29, 0.717) is 10.7 Å². The Morgan fingerprint density at radius 2 is 1.87 bits per heavy atom. The van der Waals surface area contributed by atoms with Crippen molar-refractivity contribution in [3.05, 3.63) is 71.4 Å². The summed E-state index contributed by atoms with van der Waals surface area (Å²) in [4.78, 5) is 18.4. The van der Waals surface area contributed by atoms with E-state index in [1.54, 1.807) is 12.1 Å². The molecule has 0 spiro atoms. The highest BCUT2D eigenvalue weighted by Crippen LogP contribution is 2.29. The summed E-state index contributed by atoms with van der Waals surface area (Å²) in [6.45, 7) is 3.94. The van der Waals surface area contributed by atoms with Crippen LogP contribution in [0, 0.1) is 12.7 Å². The SMILES string of the molecule is Cc1[nH]c2ccccc2c1C(=O)CSc1nnc([C@@H](C)N(C)C)n1-c1ccc(F)cc1. The minimum Gasteiger partial charge on any atom is -0.358 e. The van der Waals surface area contributed by atoms with Crippen LogP contribution in [0.25, 0.3) is 16.6 Å². The minimum atomic E-state index is -0.307. The van der Waals surface area contributed by atoms with Gasteiger partial charge in [-0.1, -0.05) is 30.0 Å². The molecule has 0 radical (unpaired) electrons. The number of hydrogen-bond acceptors (Lipinski definition) is 5. The van der Waals surface area contributed by atoms with Crippen LogP contribution in [0.5, 0.6) is 0 Å². The molecule has 0 bridgehead atoms. The summed E-state index contributed by atoms with van der Waals surface area (Å²) in [5.74, 6) is 0.669. The molecule has 0 saturated carbocycles. The number of H-pyrrole nitrogens is 1. The van der Waals surface area contributed by atoms with Crippen molar-refractivity contribution < 1.29 is 9.18 Å². The fourth-order valence-corrected chi connectivity index (χ4v) is 4.38. The lowest BCUT2D eigenvalue weighted by Crippen LogP contribution is -2.20. The number of Topliss-reactive ketones (excluding diaryl/α,β-unsaturated/α-hetero) is 1. The van der Waals surface area contributed by atoms with Crippen molar-refractivity contribution in [2.24, 2.45) is 0 Å². The Morgan fingerprint density at radius 1 is 1.16 bits per heavy atom. The van der Waals surface area contributed by atoms with Gasteiger partial charge in [-0.15, -0.1) is 10.2 Å². The van der Waals surface area contributed by atoms with Crippen molar-refractivity contribution in [3.8, 4) is 5.69 Å². The average Bonchev–Trinajstić information content (AvgIpc) is 3.32. The van der Waals surface area contributed by atoms with Gasteiger partial charge in [-0.25, -0.2) is 4.39 Å². The van der Waals surface area contributed by atoms with Crippen LogP contribution in [-0.2, 0) is 0 Å². The summed E-state index contributed by atoms with van der Waals surface area (Å²) >= 11 is 1.33. The number of benzene rings is 2. The third-order valence-corrected chi connectivity index (χ3v) is 6.33. The van der Waals surface area contributed by atoms with Crippen molar-refractivity contribution >= 4 is 28.4 Å². The first-order valence-corrected chi connectivity index (χ1v) is 11.0. The molecule has 0 aliphatic carbocycles. The van der Waals surface area contributed by atoms with E-state index in [1.165, 1.54) is 23.9 Å². The first-order valence-electron chi connectivity index (χ1n) is 9.97. The van der Waals surface area contributed by atoms with Gasteiger partial charge in [0, 0.05) is 27.8 Å². The van der Waals surface area contributed by atoms with Gasteiger partial charge in [-0.3, -0.25) is 14.3 Å². The van der Waals surface area contributed by atoms with Crippen molar-refractivity contribution in [1.82, 2.24) is 24.6 Å². The Labute approximate surface area is 184 Å². The molecular weight excluding hydrogens is 413 g/mol. The zero-order valence-corrected chi connectivity index (χ0v) is 18.7. The van der Waals surface area contributed by atoms with E-state index in [0.717, 1.165) is 28.1 Å². The Hall–Kier alpha value is -2.97. The number of carbonyl (C=O) groups is 1. The molecular formula is C23H24FN5OS. The molecule has 6 nitrogen and oxygen atoms in total. The first-order chi connectivity index (χ1) is 14.9. The van der Waals surface area contributed by atoms with Crippen molar-refractivity contribution in [2.75, 3.05) is 19.8 Å². The fourth-order valence-electron chi connectivity index (χ4n) is 3.55. The Kier molecular flexibility index (Phi) is 5.93. The van der Waals surface area contributed by atoms with Gasteiger partial charge in [0.05, 0.1) is 11.8 Å². The molecule has 0 aliphatic heterocycles. The fraction of sp³-hybridized carbons (Fsp3) is 0.261. The number of para-hydroxylation sites is 1. The smallest absolute Gasteiger partial charge is 0.196 e. The quantitative estimate of drug-likeness (QED) is 0.332. The average molecular weight is 438 g/mol. The normalized spacial score (nSPS) is 12.6. The third-order valence-electron chi connectivity index (χ3n) is 5.40. The second-order valence-electron chi connectivity index (χ2n) is 7.67. The molecule has 0 amide bonds. The van der Waals surface area contributed by atoms with E-state index >= 15 is 0 Å². The summed E-state index contributed by atoms with van der Waals surface area (Å²) in [6.07, 6.45) is 0. The maximum Gasteiger partial charge on any atom is 0.196 e. The molecule has 0 fully saturated rings.